The van der Waals surface area contributed by atoms with Gasteiger partial charge in [-0.3, -0.25) is 11.3 Å². The monoisotopic (exact) mass is 180 g/mol. The van der Waals surface area contributed by atoms with Gasteiger partial charge < -0.3 is 0 Å². The molecule has 2 heteroatoms. The molecule has 2 bridgehead atoms. The molecule has 3 saturated carbocycles. The third kappa shape index (κ3) is 0.962. The van der Waals surface area contributed by atoms with Crippen LogP contribution in [0.25, 0.3) is 0 Å². The van der Waals surface area contributed by atoms with E-state index in [0.717, 1.165) is 29.6 Å². The Bertz CT molecular complexity index is 196. The highest BCUT2D eigenvalue weighted by molar-refractivity contribution is 5.15. The van der Waals surface area contributed by atoms with Crippen molar-refractivity contribution in [3.05, 3.63) is 0 Å². The van der Waals surface area contributed by atoms with E-state index in [1.807, 2.05) is 0 Å². The molecule has 5 unspecified atom stereocenters. The summed E-state index contributed by atoms with van der Waals surface area (Å²) in [6, 6.07) is 0.610. The van der Waals surface area contributed by atoms with Crippen LogP contribution in [-0.2, 0) is 0 Å². The number of nitrogens with one attached hydrogen (secondary N) is 1. The molecule has 3 aliphatic carbocycles. The number of hydrogen-bond donors (Lipinski definition) is 2. The van der Waals surface area contributed by atoms with Gasteiger partial charge in [0.2, 0.25) is 0 Å². The van der Waals surface area contributed by atoms with Crippen LogP contribution < -0.4 is 11.3 Å². The Hall–Kier alpha value is -0.0800. The van der Waals surface area contributed by atoms with Crippen LogP contribution >= 0.6 is 0 Å². The predicted molar refractivity (Wildman–Crippen MR) is 52.7 cm³/mol. The van der Waals surface area contributed by atoms with Crippen LogP contribution in [0.5, 0.6) is 0 Å². The lowest BCUT2D eigenvalue weighted by Gasteiger charge is -2.17. The normalized spacial score (nSPS) is 53.5. The summed E-state index contributed by atoms with van der Waals surface area (Å²) in [5.74, 6) is 10.8. The van der Waals surface area contributed by atoms with E-state index in [2.05, 4.69) is 12.3 Å². The van der Waals surface area contributed by atoms with E-state index < -0.39 is 0 Å². The maximum absolute atomic E-state index is 5.59. The molecule has 5 atom stereocenters. The zero-order valence-electron chi connectivity index (χ0n) is 8.37. The zero-order valence-corrected chi connectivity index (χ0v) is 8.37. The summed E-state index contributed by atoms with van der Waals surface area (Å²) in [6.45, 7) is 2.25. The summed E-state index contributed by atoms with van der Waals surface area (Å²) in [5, 5.41) is 0. The van der Waals surface area contributed by atoms with Crippen molar-refractivity contribution in [1.29, 1.82) is 0 Å². The SMILES string of the molecule is CCC(NN)C1C2C3CCC(C3)C21. The average molecular weight is 180 g/mol. The van der Waals surface area contributed by atoms with Gasteiger partial charge in [0.25, 0.3) is 0 Å². The lowest BCUT2D eigenvalue weighted by Crippen LogP contribution is -2.37. The van der Waals surface area contributed by atoms with Gasteiger partial charge in [-0.15, -0.1) is 0 Å². The summed E-state index contributed by atoms with van der Waals surface area (Å²) in [5.41, 5.74) is 3.01. The Kier molecular flexibility index (Phi) is 1.72. The topological polar surface area (TPSA) is 38.0 Å². The zero-order chi connectivity index (χ0) is 9.00. The fourth-order valence-electron chi connectivity index (χ4n) is 4.43. The molecule has 0 heterocycles. The van der Waals surface area contributed by atoms with Crippen LogP contribution in [0, 0.1) is 29.6 Å². The molecular weight excluding hydrogens is 160 g/mol. The lowest BCUT2D eigenvalue weighted by atomic mass is 9.96. The molecule has 0 amide bonds. The molecule has 0 aliphatic heterocycles. The highest BCUT2D eigenvalue weighted by Crippen LogP contribution is 2.70. The highest BCUT2D eigenvalue weighted by Gasteiger charge is 2.66. The van der Waals surface area contributed by atoms with E-state index in [1.54, 1.807) is 6.42 Å². The molecule has 2 nitrogen and oxygen atoms in total. The minimum atomic E-state index is 0.610. The standard InChI is InChI=1S/C11H20N2/c1-2-8(13-12)11-9-6-3-4-7(5-6)10(9)11/h6-11,13H,2-5,12H2,1H3. The van der Waals surface area contributed by atoms with E-state index in [-0.39, 0.29) is 0 Å². The molecule has 0 spiro atoms. The Balaban J connectivity index is 1.71. The van der Waals surface area contributed by atoms with Crippen molar-refractivity contribution < 1.29 is 0 Å². The van der Waals surface area contributed by atoms with Crippen molar-refractivity contribution in [2.45, 2.75) is 38.6 Å². The fraction of sp³-hybridized carbons (Fsp3) is 1.00. The van der Waals surface area contributed by atoms with Crippen LogP contribution in [-0.4, -0.2) is 6.04 Å². The Morgan fingerprint density at radius 1 is 1.31 bits per heavy atom. The molecule has 3 fully saturated rings. The molecule has 0 aromatic carbocycles. The first-order valence-electron chi connectivity index (χ1n) is 5.83. The van der Waals surface area contributed by atoms with Gasteiger partial charge in [0.05, 0.1) is 0 Å². The molecule has 0 radical (unpaired) electrons. The van der Waals surface area contributed by atoms with Crippen LogP contribution in [0.1, 0.15) is 32.6 Å². The smallest absolute Gasteiger partial charge is 0.0241 e. The number of nitrogens with two attached hydrogens (primary N) is 1. The van der Waals surface area contributed by atoms with Crippen LogP contribution in [0.2, 0.25) is 0 Å². The van der Waals surface area contributed by atoms with Gasteiger partial charge in [0.1, 0.15) is 0 Å². The molecule has 13 heavy (non-hydrogen) atoms. The summed E-state index contributed by atoms with van der Waals surface area (Å²) in [6.07, 6.45) is 5.78. The number of rotatable bonds is 3. The second-order valence-corrected chi connectivity index (χ2v) is 5.25. The summed E-state index contributed by atoms with van der Waals surface area (Å²) in [7, 11) is 0. The van der Waals surface area contributed by atoms with E-state index in [1.165, 1.54) is 19.3 Å². The highest BCUT2D eigenvalue weighted by atomic mass is 15.2. The first kappa shape index (κ1) is 8.25. The Morgan fingerprint density at radius 2 is 1.92 bits per heavy atom. The van der Waals surface area contributed by atoms with Gasteiger partial charge in [-0.2, -0.15) is 0 Å². The van der Waals surface area contributed by atoms with E-state index >= 15 is 0 Å². The number of hydrogen-bond acceptors (Lipinski definition) is 2. The predicted octanol–water partition coefficient (Wildman–Crippen LogP) is 1.52. The molecule has 3 rings (SSSR count). The quantitative estimate of drug-likeness (QED) is 0.510. The van der Waals surface area contributed by atoms with Crippen molar-refractivity contribution in [2.24, 2.45) is 35.4 Å². The average Bonchev–Trinajstić information content (AvgIpc) is 2.59. The third-order valence-corrected chi connectivity index (χ3v) is 4.91. The van der Waals surface area contributed by atoms with Crippen LogP contribution in [0.4, 0.5) is 0 Å². The lowest BCUT2D eigenvalue weighted by molar-refractivity contribution is 0.360. The Labute approximate surface area is 80.2 Å². The maximum Gasteiger partial charge on any atom is 0.0241 e. The number of hydrazine groups is 1. The van der Waals surface area contributed by atoms with Gasteiger partial charge in [-0.1, -0.05) is 6.92 Å². The fourth-order valence-corrected chi connectivity index (χ4v) is 4.43. The number of fused-ring (bicyclic) bond motifs is 5. The third-order valence-electron chi connectivity index (χ3n) is 4.91. The molecule has 74 valence electrons. The minimum absolute atomic E-state index is 0.610. The van der Waals surface area contributed by atoms with Gasteiger partial charge in [0.15, 0.2) is 0 Å². The molecule has 0 aromatic rings. The molecule has 3 aliphatic rings. The first-order valence-corrected chi connectivity index (χ1v) is 5.83. The van der Waals surface area contributed by atoms with E-state index in [9.17, 15) is 0 Å². The second kappa shape index (κ2) is 2.71. The van der Waals surface area contributed by atoms with Crippen molar-refractivity contribution >= 4 is 0 Å². The summed E-state index contributed by atoms with van der Waals surface area (Å²) < 4.78 is 0. The molecule has 3 N–H and O–H groups in total. The van der Waals surface area contributed by atoms with Crippen LogP contribution in [0.3, 0.4) is 0 Å². The Morgan fingerprint density at radius 3 is 2.38 bits per heavy atom. The summed E-state index contributed by atoms with van der Waals surface area (Å²) >= 11 is 0. The van der Waals surface area contributed by atoms with Crippen molar-refractivity contribution in [3.63, 3.8) is 0 Å². The molecule has 0 aromatic heterocycles. The molecule has 0 saturated heterocycles. The maximum atomic E-state index is 5.59. The largest absolute Gasteiger partial charge is 0.271 e. The van der Waals surface area contributed by atoms with E-state index in [4.69, 9.17) is 5.84 Å². The molecular formula is C11H20N2. The first-order chi connectivity index (χ1) is 6.36. The van der Waals surface area contributed by atoms with Gasteiger partial charge >= 0.3 is 0 Å². The second-order valence-electron chi connectivity index (χ2n) is 5.25. The van der Waals surface area contributed by atoms with E-state index in [0.29, 0.717) is 6.04 Å². The van der Waals surface area contributed by atoms with Crippen molar-refractivity contribution in [3.8, 4) is 0 Å². The minimum Gasteiger partial charge on any atom is -0.271 e. The van der Waals surface area contributed by atoms with Gasteiger partial charge in [-0.05, 0) is 55.3 Å². The van der Waals surface area contributed by atoms with Gasteiger partial charge in [0, 0.05) is 6.04 Å². The van der Waals surface area contributed by atoms with Gasteiger partial charge in [-0.25, -0.2) is 0 Å². The van der Waals surface area contributed by atoms with Crippen molar-refractivity contribution in [2.75, 3.05) is 0 Å². The van der Waals surface area contributed by atoms with Crippen LogP contribution in [0.15, 0.2) is 0 Å². The van der Waals surface area contributed by atoms with Crippen molar-refractivity contribution in [1.82, 2.24) is 5.43 Å². The summed E-state index contributed by atoms with van der Waals surface area (Å²) in [4.78, 5) is 0.